The van der Waals surface area contributed by atoms with Crippen LogP contribution in [-0.2, 0) is 4.74 Å². The molecule has 2 aromatic carbocycles. The van der Waals surface area contributed by atoms with Crippen molar-refractivity contribution in [1.82, 2.24) is 10.3 Å². The SMILES string of the molecule is CNC(=O)c1cc(Oc2ccc3ccc(C(=O)OC(C)C)cc3c2)ccn1. The summed E-state index contributed by atoms with van der Waals surface area (Å²) in [5.41, 5.74) is 0.758. The lowest BCUT2D eigenvalue weighted by molar-refractivity contribution is 0.0378. The molecule has 0 bridgehead atoms. The molecule has 6 nitrogen and oxygen atoms in total. The number of esters is 1. The van der Waals surface area contributed by atoms with Crippen molar-refractivity contribution in [2.75, 3.05) is 7.05 Å². The minimum atomic E-state index is -0.359. The second-order valence-electron chi connectivity index (χ2n) is 6.24. The number of hydrogen-bond acceptors (Lipinski definition) is 5. The molecule has 0 aliphatic rings. The Bertz CT molecular complexity index is 998. The molecule has 1 amide bonds. The maximum Gasteiger partial charge on any atom is 0.338 e. The molecule has 1 heterocycles. The van der Waals surface area contributed by atoms with Gasteiger partial charge in [-0.15, -0.1) is 0 Å². The molecule has 138 valence electrons. The van der Waals surface area contributed by atoms with Gasteiger partial charge in [-0.05, 0) is 55.0 Å². The van der Waals surface area contributed by atoms with E-state index in [1.54, 1.807) is 31.3 Å². The molecule has 1 N–H and O–H groups in total. The highest BCUT2D eigenvalue weighted by Crippen LogP contribution is 2.27. The van der Waals surface area contributed by atoms with Crippen molar-refractivity contribution in [3.8, 4) is 11.5 Å². The predicted octanol–water partition coefficient (Wildman–Crippen LogP) is 3.95. The Hall–Kier alpha value is -3.41. The van der Waals surface area contributed by atoms with Gasteiger partial charge < -0.3 is 14.8 Å². The van der Waals surface area contributed by atoms with Gasteiger partial charge in [0, 0.05) is 19.3 Å². The van der Waals surface area contributed by atoms with Crippen molar-refractivity contribution < 1.29 is 19.1 Å². The van der Waals surface area contributed by atoms with Crippen LogP contribution in [0.2, 0.25) is 0 Å². The van der Waals surface area contributed by atoms with Crippen LogP contribution in [0.4, 0.5) is 0 Å². The second-order valence-corrected chi connectivity index (χ2v) is 6.24. The van der Waals surface area contributed by atoms with Crippen LogP contribution >= 0.6 is 0 Å². The summed E-state index contributed by atoms with van der Waals surface area (Å²) in [4.78, 5) is 27.8. The van der Waals surface area contributed by atoms with Gasteiger partial charge in [-0.25, -0.2) is 4.79 Å². The predicted molar refractivity (Wildman–Crippen MR) is 102 cm³/mol. The standard InChI is InChI=1S/C21H20N2O4/c1-13(2)26-21(25)15-5-4-14-6-7-17(11-16(14)10-15)27-18-8-9-23-19(12-18)20(24)22-3/h4-13H,1-3H3,(H,22,24). The minimum Gasteiger partial charge on any atom is -0.459 e. The summed E-state index contributed by atoms with van der Waals surface area (Å²) >= 11 is 0. The Kier molecular flexibility index (Phi) is 5.35. The fraction of sp³-hybridized carbons (Fsp3) is 0.190. The van der Waals surface area contributed by atoms with Crippen molar-refractivity contribution in [3.63, 3.8) is 0 Å². The molecule has 1 aromatic heterocycles. The molecular weight excluding hydrogens is 344 g/mol. The third-order valence-electron chi connectivity index (χ3n) is 3.82. The number of carbonyl (C=O) groups excluding carboxylic acids is 2. The van der Waals surface area contributed by atoms with E-state index in [4.69, 9.17) is 9.47 Å². The maximum absolute atomic E-state index is 12.1. The Morgan fingerprint density at radius 2 is 1.70 bits per heavy atom. The lowest BCUT2D eigenvalue weighted by Gasteiger charge is -2.10. The van der Waals surface area contributed by atoms with Gasteiger partial charge in [0.2, 0.25) is 0 Å². The lowest BCUT2D eigenvalue weighted by atomic mass is 10.1. The molecule has 0 saturated carbocycles. The largest absolute Gasteiger partial charge is 0.459 e. The summed E-state index contributed by atoms with van der Waals surface area (Å²) in [6.45, 7) is 3.62. The zero-order valence-electron chi connectivity index (χ0n) is 15.4. The Morgan fingerprint density at radius 3 is 2.44 bits per heavy atom. The average Bonchev–Trinajstić information content (AvgIpc) is 2.66. The third kappa shape index (κ3) is 4.41. The summed E-state index contributed by atoms with van der Waals surface area (Å²) in [6.07, 6.45) is 1.34. The van der Waals surface area contributed by atoms with Crippen molar-refractivity contribution >= 4 is 22.6 Å². The van der Waals surface area contributed by atoms with Crippen LogP contribution in [0.5, 0.6) is 11.5 Å². The highest BCUT2D eigenvalue weighted by molar-refractivity contribution is 5.96. The minimum absolute atomic E-state index is 0.177. The fourth-order valence-electron chi connectivity index (χ4n) is 2.56. The quantitative estimate of drug-likeness (QED) is 0.694. The van der Waals surface area contributed by atoms with E-state index < -0.39 is 0 Å². The van der Waals surface area contributed by atoms with Crippen LogP contribution in [-0.4, -0.2) is 30.0 Å². The van der Waals surface area contributed by atoms with E-state index in [9.17, 15) is 9.59 Å². The smallest absolute Gasteiger partial charge is 0.338 e. The summed E-state index contributed by atoms with van der Waals surface area (Å²) < 4.78 is 11.1. The molecule has 0 aliphatic carbocycles. The number of nitrogens with zero attached hydrogens (tertiary/aromatic N) is 1. The molecule has 0 radical (unpaired) electrons. The third-order valence-corrected chi connectivity index (χ3v) is 3.82. The number of ether oxygens (including phenoxy) is 2. The number of fused-ring (bicyclic) bond motifs is 1. The number of carbonyl (C=O) groups is 2. The molecule has 27 heavy (non-hydrogen) atoms. The highest BCUT2D eigenvalue weighted by Gasteiger charge is 2.11. The van der Waals surface area contributed by atoms with E-state index in [0.717, 1.165) is 10.8 Å². The number of amides is 1. The van der Waals surface area contributed by atoms with E-state index in [2.05, 4.69) is 10.3 Å². The Morgan fingerprint density at radius 1 is 0.963 bits per heavy atom. The maximum atomic E-state index is 12.1. The van der Waals surface area contributed by atoms with E-state index in [-0.39, 0.29) is 23.7 Å². The van der Waals surface area contributed by atoms with Crippen LogP contribution in [0.3, 0.4) is 0 Å². The van der Waals surface area contributed by atoms with Crippen LogP contribution in [0.15, 0.2) is 54.7 Å². The molecule has 0 fully saturated rings. The van der Waals surface area contributed by atoms with Crippen LogP contribution in [0, 0.1) is 0 Å². The van der Waals surface area contributed by atoms with Gasteiger partial charge in [0.15, 0.2) is 0 Å². The van der Waals surface area contributed by atoms with Crippen molar-refractivity contribution in [1.29, 1.82) is 0 Å². The van der Waals surface area contributed by atoms with Crippen LogP contribution in [0.1, 0.15) is 34.7 Å². The number of pyridine rings is 1. The molecule has 0 aliphatic heterocycles. The summed E-state index contributed by atoms with van der Waals surface area (Å²) in [5, 5.41) is 4.36. The van der Waals surface area contributed by atoms with Crippen molar-refractivity contribution in [3.05, 3.63) is 66.0 Å². The van der Waals surface area contributed by atoms with E-state index in [1.807, 2.05) is 38.1 Å². The molecule has 0 saturated heterocycles. The van der Waals surface area contributed by atoms with Gasteiger partial charge >= 0.3 is 5.97 Å². The zero-order valence-corrected chi connectivity index (χ0v) is 15.4. The van der Waals surface area contributed by atoms with E-state index in [1.165, 1.54) is 6.20 Å². The van der Waals surface area contributed by atoms with Gasteiger partial charge in [-0.3, -0.25) is 9.78 Å². The normalized spacial score (nSPS) is 10.7. The first-order valence-corrected chi connectivity index (χ1v) is 8.57. The molecule has 0 atom stereocenters. The molecule has 3 rings (SSSR count). The fourth-order valence-corrected chi connectivity index (χ4v) is 2.56. The first kappa shape index (κ1) is 18.4. The average molecular weight is 364 g/mol. The summed E-state index contributed by atoms with van der Waals surface area (Å²) in [5.74, 6) is 0.444. The molecule has 3 aromatic rings. The highest BCUT2D eigenvalue weighted by atomic mass is 16.5. The van der Waals surface area contributed by atoms with E-state index in [0.29, 0.717) is 17.1 Å². The second kappa shape index (κ2) is 7.86. The molecule has 0 unspecified atom stereocenters. The van der Waals surface area contributed by atoms with Crippen molar-refractivity contribution in [2.24, 2.45) is 0 Å². The number of nitrogens with one attached hydrogen (secondary N) is 1. The van der Waals surface area contributed by atoms with E-state index >= 15 is 0 Å². The van der Waals surface area contributed by atoms with Gasteiger partial charge in [0.05, 0.1) is 11.7 Å². The molecular formula is C21H20N2O4. The van der Waals surface area contributed by atoms with Crippen LogP contribution < -0.4 is 10.1 Å². The number of aromatic nitrogens is 1. The Labute approximate surface area is 157 Å². The van der Waals surface area contributed by atoms with Crippen molar-refractivity contribution in [2.45, 2.75) is 20.0 Å². The van der Waals surface area contributed by atoms with Crippen LogP contribution in [0.25, 0.3) is 10.8 Å². The Balaban J connectivity index is 1.87. The zero-order chi connectivity index (χ0) is 19.4. The monoisotopic (exact) mass is 364 g/mol. The number of benzene rings is 2. The summed E-state index contributed by atoms with van der Waals surface area (Å²) in [7, 11) is 1.54. The van der Waals surface area contributed by atoms with Gasteiger partial charge in [0.25, 0.3) is 5.91 Å². The number of rotatable bonds is 5. The first-order chi connectivity index (χ1) is 13.0. The topological polar surface area (TPSA) is 77.5 Å². The van der Waals surface area contributed by atoms with Gasteiger partial charge in [0.1, 0.15) is 17.2 Å². The first-order valence-electron chi connectivity index (χ1n) is 8.57. The van der Waals surface area contributed by atoms with Gasteiger partial charge in [-0.2, -0.15) is 0 Å². The lowest BCUT2D eigenvalue weighted by Crippen LogP contribution is -2.18. The summed E-state index contributed by atoms with van der Waals surface area (Å²) in [6, 6.07) is 14.2. The molecule has 0 spiro atoms. The number of hydrogen-bond donors (Lipinski definition) is 1. The van der Waals surface area contributed by atoms with Gasteiger partial charge in [-0.1, -0.05) is 12.1 Å². The molecule has 6 heteroatoms.